The Balaban J connectivity index is 2.24. The number of rotatable bonds is 2. The van der Waals surface area contributed by atoms with Crippen LogP contribution in [0.5, 0.6) is 0 Å². The maximum absolute atomic E-state index is 5.61. The second-order valence-corrected chi connectivity index (χ2v) is 3.85. The standard InChI is InChI=1S/C10H12OS/c1-2-11-9-7-12-10-6-4-3-5-8(9)10/h3-6,9H,2,7H2,1H3. The molecule has 2 heteroatoms. The Hall–Kier alpha value is -0.470. The third-order valence-electron chi connectivity index (χ3n) is 2.02. The number of benzene rings is 1. The number of hydrogen-bond acceptors (Lipinski definition) is 2. The lowest BCUT2D eigenvalue weighted by Gasteiger charge is -2.09. The van der Waals surface area contributed by atoms with Gasteiger partial charge in [-0.25, -0.2) is 0 Å². The molecule has 1 aromatic carbocycles. The molecular formula is C10H12OS. The summed E-state index contributed by atoms with van der Waals surface area (Å²) in [5.41, 5.74) is 1.37. The van der Waals surface area contributed by atoms with Gasteiger partial charge in [0.2, 0.25) is 0 Å². The van der Waals surface area contributed by atoms with Crippen LogP contribution in [0.25, 0.3) is 0 Å². The van der Waals surface area contributed by atoms with Gasteiger partial charge >= 0.3 is 0 Å². The van der Waals surface area contributed by atoms with Crippen molar-refractivity contribution in [2.45, 2.75) is 17.9 Å². The normalized spacial score (nSPS) is 20.9. The van der Waals surface area contributed by atoms with E-state index in [1.807, 2.05) is 18.7 Å². The molecule has 1 nitrogen and oxygen atoms in total. The fraction of sp³-hybridized carbons (Fsp3) is 0.400. The van der Waals surface area contributed by atoms with E-state index in [0.29, 0.717) is 6.10 Å². The SMILES string of the molecule is CCOC1CSc2ccccc21. The van der Waals surface area contributed by atoms with Gasteiger partial charge < -0.3 is 4.74 Å². The van der Waals surface area contributed by atoms with Crippen molar-refractivity contribution >= 4 is 11.8 Å². The molecule has 0 radical (unpaired) electrons. The Morgan fingerprint density at radius 3 is 3.17 bits per heavy atom. The topological polar surface area (TPSA) is 9.23 Å². The zero-order valence-electron chi connectivity index (χ0n) is 7.12. The van der Waals surface area contributed by atoms with E-state index in [9.17, 15) is 0 Å². The summed E-state index contributed by atoms with van der Waals surface area (Å²) in [6.07, 6.45) is 0.330. The van der Waals surface area contributed by atoms with Crippen LogP contribution in [-0.2, 0) is 4.74 Å². The first-order valence-electron chi connectivity index (χ1n) is 4.25. The third-order valence-corrected chi connectivity index (χ3v) is 3.18. The lowest BCUT2D eigenvalue weighted by molar-refractivity contribution is 0.0806. The Labute approximate surface area is 77.1 Å². The van der Waals surface area contributed by atoms with E-state index in [4.69, 9.17) is 4.74 Å². The van der Waals surface area contributed by atoms with Crippen molar-refractivity contribution in [1.29, 1.82) is 0 Å². The van der Waals surface area contributed by atoms with Gasteiger partial charge in [-0.15, -0.1) is 11.8 Å². The van der Waals surface area contributed by atoms with Crippen molar-refractivity contribution in [3.05, 3.63) is 29.8 Å². The van der Waals surface area contributed by atoms with Crippen LogP contribution in [0.3, 0.4) is 0 Å². The lowest BCUT2D eigenvalue weighted by atomic mass is 10.1. The number of ether oxygens (including phenoxy) is 1. The maximum Gasteiger partial charge on any atom is 0.0929 e. The van der Waals surface area contributed by atoms with E-state index < -0.39 is 0 Å². The molecule has 0 saturated carbocycles. The fourth-order valence-corrected chi connectivity index (χ4v) is 2.62. The lowest BCUT2D eigenvalue weighted by Crippen LogP contribution is -2.01. The van der Waals surface area contributed by atoms with Crippen LogP contribution in [-0.4, -0.2) is 12.4 Å². The molecule has 0 aromatic heterocycles. The molecule has 64 valence electrons. The van der Waals surface area contributed by atoms with Gasteiger partial charge in [0.1, 0.15) is 0 Å². The fourth-order valence-electron chi connectivity index (χ4n) is 1.47. The molecule has 1 atom stereocenters. The van der Waals surface area contributed by atoms with E-state index >= 15 is 0 Å². The van der Waals surface area contributed by atoms with Crippen LogP contribution in [0.1, 0.15) is 18.6 Å². The highest BCUT2D eigenvalue weighted by atomic mass is 32.2. The molecule has 0 saturated heterocycles. The maximum atomic E-state index is 5.61. The van der Waals surface area contributed by atoms with E-state index in [1.54, 1.807) is 0 Å². The minimum atomic E-state index is 0.330. The molecule has 0 amide bonds. The van der Waals surface area contributed by atoms with Crippen LogP contribution in [0.2, 0.25) is 0 Å². The first-order chi connectivity index (χ1) is 5.92. The molecule has 1 aromatic rings. The molecule has 0 N–H and O–H groups in total. The summed E-state index contributed by atoms with van der Waals surface area (Å²) in [4.78, 5) is 1.39. The van der Waals surface area contributed by atoms with Gasteiger partial charge in [-0.1, -0.05) is 18.2 Å². The molecule has 1 unspecified atom stereocenters. The summed E-state index contributed by atoms with van der Waals surface area (Å²) in [6.45, 7) is 2.85. The van der Waals surface area contributed by atoms with E-state index in [1.165, 1.54) is 10.5 Å². The van der Waals surface area contributed by atoms with Gasteiger partial charge in [0, 0.05) is 17.3 Å². The van der Waals surface area contributed by atoms with Crippen LogP contribution < -0.4 is 0 Å². The predicted octanol–water partition coefficient (Wildman–Crippen LogP) is 2.87. The molecule has 1 aliphatic rings. The van der Waals surface area contributed by atoms with Crippen molar-refractivity contribution < 1.29 is 4.74 Å². The number of fused-ring (bicyclic) bond motifs is 1. The van der Waals surface area contributed by atoms with Crippen molar-refractivity contribution in [2.24, 2.45) is 0 Å². The average Bonchev–Trinajstić information content (AvgIpc) is 2.50. The second kappa shape index (κ2) is 3.50. The van der Waals surface area contributed by atoms with Crippen LogP contribution in [0, 0.1) is 0 Å². The largest absolute Gasteiger partial charge is 0.373 e. The van der Waals surface area contributed by atoms with Crippen molar-refractivity contribution in [3.8, 4) is 0 Å². The van der Waals surface area contributed by atoms with E-state index in [0.717, 1.165) is 12.4 Å². The summed E-state index contributed by atoms with van der Waals surface area (Å²) in [6, 6.07) is 8.49. The molecule has 0 spiro atoms. The zero-order valence-corrected chi connectivity index (χ0v) is 7.93. The minimum Gasteiger partial charge on any atom is -0.373 e. The highest BCUT2D eigenvalue weighted by molar-refractivity contribution is 7.99. The Morgan fingerprint density at radius 1 is 1.50 bits per heavy atom. The minimum absolute atomic E-state index is 0.330. The second-order valence-electron chi connectivity index (χ2n) is 2.79. The predicted molar refractivity (Wildman–Crippen MR) is 51.5 cm³/mol. The molecular weight excluding hydrogens is 168 g/mol. The quantitative estimate of drug-likeness (QED) is 0.692. The smallest absolute Gasteiger partial charge is 0.0929 e. The van der Waals surface area contributed by atoms with Gasteiger partial charge in [-0.2, -0.15) is 0 Å². The molecule has 2 rings (SSSR count). The highest BCUT2D eigenvalue weighted by Crippen LogP contribution is 2.39. The van der Waals surface area contributed by atoms with Crippen LogP contribution in [0.15, 0.2) is 29.2 Å². The average molecular weight is 180 g/mol. The summed E-state index contributed by atoms with van der Waals surface area (Å²) in [5.74, 6) is 1.08. The van der Waals surface area contributed by atoms with Gasteiger partial charge in [0.05, 0.1) is 6.10 Å². The van der Waals surface area contributed by atoms with Crippen molar-refractivity contribution in [2.75, 3.05) is 12.4 Å². The first-order valence-corrected chi connectivity index (χ1v) is 5.23. The third kappa shape index (κ3) is 1.37. The summed E-state index contributed by atoms with van der Waals surface area (Å²) in [7, 11) is 0. The molecule has 1 heterocycles. The van der Waals surface area contributed by atoms with Crippen LogP contribution in [0.4, 0.5) is 0 Å². The number of hydrogen-bond donors (Lipinski definition) is 0. The van der Waals surface area contributed by atoms with E-state index in [2.05, 4.69) is 24.3 Å². The van der Waals surface area contributed by atoms with Crippen LogP contribution >= 0.6 is 11.8 Å². The monoisotopic (exact) mass is 180 g/mol. The van der Waals surface area contributed by atoms with Crippen molar-refractivity contribution in [3.63, 3.8) is 0 Å². The molecule has 0 fully saturated rings. The van der Waals surface area contributed by atoms with Gasteiger partial charge in [-0.05, 0) is 18.6 Å². The molecule has 12 heavy (non-hydrogen) atoms. The summed E-state index contributed by atoms with van der Waals surface area (Å²) in [5, 5.41) is 0. The summed E-state index contributed by atoms with van der Waals surface area (Å²) >= 11 is 1.89. The molecule has 1 aliphatic heterocycles. The Bertz CT molecular complexity index is 270. The molecule has 0 bridgehead atoms. The van der Waals surface area contributed by atoms with Crippen molar-refractivity contribution in [1.82, 2.24) is 0 Å². The van der Waals surface area contributed by atoms with Gasteiger partial charge in [-0.3, -0.25) is 0 Å². The highest BCUT2D eigenvalue weighted by Gasteiger charge is 2.22. The zero-order chi connectivity index (χ0) is 8.39. The Kier molecular flexibility index (Phi) is 2.38. The van der Waals surface area contributed by atoms with Gasteiger partial charge in [0.15, 0.2) is 0 Å². The van der Waals surface area contributed by atoms with E-state index in [-0.39, 0.29) is 0 Å². The first kappa shape index (κ1) is 8.14. The number of thioether (sulfide) groups is 1. The Morgan fingerprint density at radius 2 is 2.33 bits per heavy atom. The molecule has 0 aliphatic carbocycles. The van der Waals surface area contributed by atoms with Gasteiger partial charge in [0.25, 0.3) is 0 Å². The summed E-state index contributed by atoms with van der Waals surface area (Å²) < 4.78 is 5.61.